The summed E-state index contributed by atoms with van der Waals surface area (Å²) in [6, 6.07) is 1.57. The second-order valence-corrected chi connectivity index (χ2v) is 8.47. The zero-order valence-corrected chi connectivity index (χ0v) is 15.8. The van der Waals surface area contributed by atoms with Crippen molar-refractivity contribution in [2.45, 2.75) is 45.4 Å². The Morgan fingerprint density at radius 2 is 1.92 bits per heavy atom. The number of rotatable bonds is 9. The number of unbranched alkanes of at least 4 members (excludes halogenated alkanes) is 1. The quantitative estimate of drug-likeness (QED) is 0.611. The molecule has 10 heteroatoms. The van der Waals surface area contributed by atoms with E-state index in [2.05, 4.69) is 15.8 Å². The molecule has 1 aromatic rings. The first-order valence-corrected chi connectivity index (χ1v) is 10.5. The minimum atomic E-state index is -3.22. The summed E-state index contributed by atoms with van der Waals surface area (Å²) in [5.41, 5.74) is 0. The fraction of sp³-hybridized carbons (Fsp3) is 0.688. The fourth-order valence-electron chi connectivity index (χ4n) is 2.72. The number of carbonyl (C=O) groups excluding carboxylic acids is 2. The predicted octanol–water partition coefficient (Wildman–Crippen LogP) is 1.02. The largest absolute Gasteiger partial charge is 0.360 e. The molecule has 2 amide bonds. The molecule has 0 aromatic carbocycles. The average Bonchev–Trinajstić information content (AvgIpc) is 3.02. The van der Waals surface area contributed by atoms with Gasteiger partial charge < -0.3 is 15.2 Å². The first kappa shape index (κ1) is 20.4. The lowest BCUT2D eigenvalue weighted by atomic mass is 10.2. The van der Waals surface area contributed by atoms with Crippen LogP contribution in [0.4, 0.5) is 5.82 Å². The van der Waals surface area contributed by atoms with Crippen LogP contribution >= 0.6 is 0 Å². The number of nitrogens with one attached hydrogen (secondary N) is 2. The molecule has 146 valence electrons. The van der Waals surface area contributed by atoms with E-state index in [1.54, 1.807) is 17.3 Å². The van der Waals surface area contributed by atoms with E-state index in [0.29, 0.717) is 37.5 Å². The second kappa shape index (κ2) is 9.67. The third kappa shape index (κ3) is 6.75. The zero-order valence-electron chi connectivity index (χ0n) is 15.0. The molecule has 1 saturated heterocycles. The Bertz CT molecular complexity index is 710. The number of piperidine rings is 1. The van der Waals surface area contributed by atoms with Crippen molar-refractivity contribution in [3.63, 3.8) is 0 Å². The predicted molar refractivity (Wildman–Crippen MR) is 95.9 cm³/mol. The van der Waals surface area contributed by atoms with E-state index in [1.807, 2.05) is 0 Å². The number of anilines is 1. The van der Waals surface area contributed by atoms with E-state index in [0.717, 1.165) is 19.3 Å². The normalized spacial score (nSPS) is 15.6. The summed E-state index contributed by atoms with van der Waals surface area (Å²) in [6.45, 7) is 2.73. The molecular weight excluding hydrogens is 360 g/mol. The van der Waals surface area contributed by atoms with Gasteiger partial charge in [-0.2, -0.15) is 0 Å². The Morgan fingerprint density at radius 1 is 1.19 bits per heavy atom. The second-order valence-electron chi connectivity index (χ2n) is 6.38. The lowest BCUT2D eigenvalue weighted by molar-refractivity contribution is -0.124. The lowest BCUT2D eigenvalue weighted by Gasteiger charge is -2.25. The maximum atomic E-state index is 12.2. The molecule has 0 saturated carbocycles. The van der Waals surface area contributed by atoms with Crippen molar-refractivity contribution >= 4 is 27.7 Å². The highest BCUT2D eigenvalue weighted by atomic mass is 32.2. The molecule has 1 fully saturated rings. The van der Waals surface area contributed by atoms with Gasteiger partial charge in [0.2, 0.25) is 21.8 Å². The van der Waals surface area contributed by atoms with Crippen LogP contribution < -0.4 is 10.6 Å². The molecule has 9 nitrogen and oxygen atoms in total. The molecule has 2 rings (SSSR count). The molecule has 0 bridgehead atoms. The van der Waals surface area contributed by atoms with Crippen molar-refractivity contribution in [3.05, 3.63) is 11.8 Å². The minimum Gasteiger partial charge on any atom is -0.360 e. The first-order chi connectivity index (χ1) is 12.4. The highest BCUT2D eigenvalue weighted by Gasteiger charge is 2.23. The maximum absolute atomic E-state index is 12.2. The molecule has 26 heavy (non-hydrogen) atoms. The van der Waals surface area contributed by atoms with Crippen molar-refractivity contribution in [2.24, 2.45) is 0 Å². The van der Waals surface area contributed by atoms with Gasteiger partial charge in [-0.3, -0.25) is 9.59 Å². The standard InChI is InChI=1S/C16H26N4O5S/c1-13-11-14(19-25-13)18-16(22)12-17-15(21)7-3-6-10-26(23,24)20-8-4-2-5-9-20/h11H,2-10,12H2,1H3,(H,17,21)(H,18,19,22). The third-order valence-electron chi connectivity index (χ3n) is 4.11. The van der Waals surface area contributed by atoms with Gasteiger partial charge in [-0.05, 0) is 32.6 Å². The fourth-order valence-corrected chi connectivity index (χ4v) is 4.36. The van der Waals surface area contributed by atoms with Gasteiger partial charge in [-0.1, -0.05) is 11.6 Å². The van der Waals surface area contributed by atoms with Gasteiger partial charge >= 0.3 is 0 Å². The topological polar surface area (TPSA) is 122 Å². The smallest absolute Gasteiger partial charge is 0.245 e. The molecule has 1 aliphatic rings. The first-order valence-electron chi connectivity index (χ1n) is 8.84. The van der Waals surface area contributed by atoms with E-state index in [4.69, 9.17) is 4.52 Å². The maximum Gasteiger partial charge on any atom is 0.245 e. The van der Waals surface area contributed by atoms with Gasteiger partial charge in [0.1, 0.15) is 5.76 Å². The Kier molecular flexibility index (Phi) is 7.58. The summed E-state index contributed by atoms with van der Waals surface area (Å²) >= 11 is 0. The molecule has 2 N–H and O–H groups in total. The molecule has 2 heterocycles. The minimum absolute atomic E-state index is 0.0618. The van der Waals surface area contributed by atoms with Gasteiger partial charge in [0.15, 0.2) is 5.82 Å². The Labute approximate surface area is 153 Å². The highest BCUT2D eigenvalue weighted by Crippen LogP contribution is 2.14. The van der Waals surface area contributed by atoms with Crippen LogP contribution in [0.2, 0.25) is 0 Å². The van der Waals surface area contributed by atoms with Crippen LogP contribution in [-0.2, 0) is 19.6 Å². The van der Waals surface area contributed by atoms with E-state index in [-0.39, 0.29) is 24.6 Å². The van der Waals surface area contributed by atoms with Crippen molar-refractivity contribution < 1.29 is 22.5 Å². The number of aryl methyl sites for hydroxylation is 1. The Hall–Kier alpha value is -1.94. The summed E-state index contributed by atoms with van der Waals surface area (Å²) in [4.78, 5) is 23.4. The van der Waals surface area contributed by atoms with Crippen LogP contribution in [0.5, 0.6) is 0 Å². The van der Waals surface area contributed by atoms with Crippen LogP contribution in [-0.4, -0.2) is 55.1 Å². The number of hydrogen-bond acceptors (Lipinski definition) is 6. The summed E-state index contributed by atoms with van der Waals surface area (Å²) in [7, 11) is -3.22. The number of sulfonamides is 1. The van der Waals surface area contributed by atoms with Crippen LogP contribution in [0.15, 0.2) is 10.6 Å². The number of carbonyl (C=O) groups is 2. The van der Waals surface area contributed by atoms with Crippen LogP contribution in [0, 0.1) is 6.92 Å². The highest BCUT2D eigenvalue weighted by molar-refractivity contribution is 7.89. The van der Waals surface area contributed by atoms with Gasteiger partial charge in [-0.25, -0.2) is 12.7 Å². The van der Waals surface area contributed by atoms with Crippen molar-refractivity contribution in [3.8, 4) is 0 Å². The van der Waals surface area contributed by atoms with Crippen molar-refractivity contribution in [1.29, 1.82) is 0 Å². The van der Waals surface area contributed by atoms with Crippen LogP contribution in [0.3, 0.4) is 0 Å². The van der Waals surface area contributed by atoms with E-state index < -0.39 is 15.9 Å². The molecule has 1 aliphatic heterocycles. The summed E-state index contributed by atoms with van der Waals surface area (Å²) < 4.78 is 30.7. The monoisotopic (exact) mass is 386 g/mol. The van der Waals surface area contributed by atoms with Crippen LogP contribution in [0.1, 0.15) is 44.3 Å². The zero-order chi connectivity index (χ0) is 19.0. The van der Waals surface area contributed by atoms with Crippen molar-refractivity contribution in [2.75, 3.05) is 30.7 Å². The average molecular weight is 386 g/mol. The summed E-state index contributed by atoms with van der Waals surface area (Å²) in [5.74, 6) is 0.242. The van der Waals surface area contributed by atoms with Crippen LogP contribution in [0.25, 0.3) is 0 Å². The molecule has 0 radical (unpaired) electrons. The lowest BCUT2D eigenvalue weighted by Crippen LogP contribution is -2.37. The molecule has 0 spiro atoms. The Balaban J connectivity index is 1.59. The van der Waals surface area contributed by atoms with E-state index >= 15 is 0 Å². The van der Waals surface area contributed by atoms with Gasteiger partial charge in [0.25, 0.3) is 0 Å². The number of amides is 2. The number of aromatic nitrogens is 1. The van der Waals surface area contributed by atoms with Gasteiger partial charge in [-0.15, -0.1) is 0 Å². The number of hydrogen-bond donors (Lipinski definition) is 2. The molecule has 1 aromatic heterocycles. The summed E-state index contributed by atoms with van der Waals surface area (Å²) in [6.07, 6.45) is 3.98. The molecule has 0 unspecified atom stereocenters. The Morgan fingerprint density at radius 3 is 2.58 bits per heavy atom. The molecule has 0 atom stereocenters. The van der Waals surface area contributed by atoms with Gasteiger partial charge in [0, 0.05) is 25.6 Å². The molecular formula is C16H26N4O5S. The van der Waals surface area contributed by atoms with E-state index in [9.17, 15) is 18.0 Å². The number of nitrogens with zero attached hydrogens (tertiary/aromatic N) is 2. The van der Waals surface area contributed by atoms with E-state index in [1.165, 1.54) is 0 Å². The summed E-state index contributed by atoms with van der Waals surface area (Å²) in [5, 5.41) is 8.62. The molecule has 0 aliphatic carbocycles. The SMILES string of the molecule is Cc1cc(NC(=O)CNC(=O)CCCCS(=O)(=O)N2CCCCC2)no1. The van der Waals surface area contributed by atoms with Crippen molar-refractivity contribution in [1.82, 2.24) is 14.8 Å². The third-order valence-corrected chi connectivity index (χ3v) is 6.06. The van der Waals surface area contributed by atoms with Gasteiger partial charge in [0.05, 0.1) is 12.3 Å².